The summed E-state index contributed by atoms with van der Waals surface area (Å²) in [5, 5.41) is 2.20. The Morgan fingerprint density at radius 2 is 1.93 bits per heavy atom. The van der Waals surface area contributed by atoms with E-state index in [1.54, 1.807) is 7.11 Å². The SMILES string of the molecule is C#Cc1c(OC)ccc2ccccc12. The molecule has 0 saturated heterocycles. The zero-order chi connectivity index (χ0) is 9.97. The average molecular weight is 182 g/mol. The molecule has 0 aliphatic heterocycles. The monoisotopic (exact) mass is 182 g/mol. The van der Waals surface area contributed by atoms with E-state index in [2.05, 4.69) is 5.92 Å². The van der Waals surface area contributed by atoms with E-state index < -0.39 is 0 Å². The quantitative estimate of drug-likeness (QED) is 0.616. The summed E-state index contributed by atoms with van der Waals surface area (Å²) in [6.45, 7) is 0. The van der Waals surface area contributed by atoms with Gasteiger partial charge in [-0.25, -0.2) is 0 Å². The highest BCUT2D eigenvalue weighted by Crippen LogP contribution is 2.26. The van der Waals surface area contributed by atoms with Gasteiger partial charge in [-0.1, -0.05) is 36.3 Å². The highest BCUT2D eigenvalue weighted by molar-refractivity contribution is 5.90. The van der Waals surface area contributed by atoms with Gasteiger partial charge in [0.25, 0.3) is 0 Å². The third-order valence-corrected chi connectivity index (χ3v) is 2.26. The first-order valence-electron chi connectivity index (χ1n) is 4.39. The first-order chi connectivity index (χ1) is 6.86. The summed E-state index contributed by atoms with van der Waals surface area (Å²) < 4.78 is 5.20. The number of methoxy groups -OCH3 is 1. The number of benzene rings is 2. The molecule has 0 fully saturated rings. The van der Waals surface area contributed by atoms with Gasteiger partial charge in [0.1, 0.15) is 5.75 Å². The summed E-state index contributed by atoms with van der Waals surface area (Å²) in [4.78, 5) is 0. The molecule has 0 atom stereocenters. The molecular formula is C13H10O. The third kappa shape index (κ3) is 1.22. The van der Waals surface area contributed by atoms with Crippen molar-refractivity contribution in [1.82, 2.24) is 0 Å². The molecule has 0 bridgehead atoms. The van der Waals surface area contributed by atoms with Crippen molar-refractivity contribution >= 4 is 10.8 Å². The minimum absolute atomic E-state index is 0.756. The van der Waals surface area contributed by atoms with Gasteiger partial charge in [0.05, 0.1) is 12.7 Å². The molecule has 0 heterocycles. The highest BCUT2D eigenvalue weighted by atomic mass is 16.5. The minimum Gasteiger partial charge on any atom is -0.495 e. The molecule has 0 unspecified atom stereocenters. The lowest BCUT2D eigenvalue weighted by molar-refractivity contribution is 0.414. The van der Waals surface area contributed by atoms with Gasteiger partial charge in [0.15, 0.2) is 0 Å². The topological polar surface area (TPSA) is 9.23 Å². The standard InChI is InChI=1S/C13H10O/c1-3-11-12-7-5-4-6-10(12)8-9-13(11)14-2/h1,4-9H,2H3. The van der Waals surface area contributed by atoms with Crippen molar-refractivity contribution in [3.05, 3.63) is 42.0 Å². The summed E-state index contributed by atoms with van der Waals surface area (Å²) in [5.41, 5.74) is 0.825. The van der Waals surface area contributed by atoms with Crippen LogP contribution in [-0.4, -0.2) is 7.11 Å². The van der Waals surface area contributed by atoms with Crippen LogP contribution in [-0.2, 0) is 0 Å². The van der Waals surface area contributed by atoms with Crippen LogP contribution in [0.5, 0.6) is 5.75 Å². The Bertz CT molecular complexity index is 506. The maximum Gasteiger partial charge on any atom is 0.135 e. The molecule has 2 aromatic carbocycles. The van der Waals surface area contributed by atoms with E-state index in [-0.39, 0.29) is 0 Å². The number of terminal acetylenes is 1. The Balaban J connectivity index is 2.85. The second-order valence-corrected chi connectivity index (χ2v) is 3.01. The molecule has 1 nitrogen and oxygen atoms in total. The maximum atomic E-state index is 5.46. The van der Waals surface area contributed by atoms with E-state index in [0.717, 1.165) is 22.1 Å². The van der Waals surface area contributed by atoms with Crippen LogP contribution < -0.4 is 4.74 Å². The fourth-order valence-electron chi connectivity index (χ4n) is 1.57. The number of fused-ring (bicyclic) bond motifs is 1. The van der Waals surface area contributed by atoms with Gasteiger partial charge in [0.2, 0.25) is 0 Å². The zero-order valence-electron chi connectivity index (χ0n) is 7.95. The van der Waals surface area contributed by atoms with E-state index in [1.165, 1.54) is 0 Å². The molecule has 0 aliphatic carbocycles. The predicted octanol–water partition coefficient (Wildman–Crippen LogP) is 2.83. The Morgan fingerprint density at radius 1 is 1.14 bits per heavy atom. The predicted molar refractivity (Wildman–Crippen MR) is 58.4 cm³/mol. The lowest BCUT2D eigenvalue weighted by Gasteiger charge is -2.06. The molecule has 0 radical (unpaired) electrons. The van der Waals surface area contributed by atoms with Crippen LogP contribution in [0.25, 0.3) is 10.8 Å². The third-order valence-electron chi connectivity index (χ3n) is 2.26. The first-order valence-corrected chi connectivity index (χ1v) is 4.39. The van der Waals surface area contributed by atoms with Gasteiger partial charge in [-0.3, -0.25) is 0 Å². The average Bonchev–Trinajstić information content (AvgIpc) is 2.27. The van der Waals surface area contributed by atoms with E-state index in [4.69, 9.17) is 11.2 Å². The number of ether oxygens (including phenoxy) is 1. The Hall–Kier alpha value is -1.94. The molecule has 2 rings (SSSR count). The highest BCUT2D eigenvalue weighted by Gasteiger charge is 2.04. The van der Waals surface area contributed by atoms with Gasteiger partial charge in [-0.05, 0) is 11.5 Å². The normalized spacial score (nSPS) is 9.71. The van der Waals surface area contributed by atoms with Crippen molar-refractivity contribution < 1.29 is 4.74 Å². The molecule has 14 heavy (non-hydrogen) atoms. The lowest BCUT2D eigenvalue weighted by atomic mass is 10.0. The van der Waals surface area contributed by atoms with Crippen LogP contribution in [0, 0.1) is 12.3 Å². The summed E-state index contributed by atoms with van der Waals surface area (Å²) >= 11 is 0. The molecule has 0 amide bonds. The van der Waals surface area contributed by atoms with Gasteiger partial charge in [-0.15, -0.1) is 6.42 Å². The Kier molecular flexibility index (Phi) is 2.12. The van der Waals surface area contributed by atoms with Gasteiger partial charge >= 0.3 is 0 Å². The van der Waals surface area contributed by atoms with E-state index in [9.17, 15) is 0 Å². The van der Waals surface area contributed by atoms with Crippen LogP contribution in [0.2, 0.25) is 0 Å². The molecule has 0 aromatic heterocycles. The summed E-state index contributed by atoms with van der Waals surface area (Å²) in [6, 6.07) is 11.9. The summed E-state index contributed by atoms with van der Waals surface area (Å²) in [5.74, 6) is 3.42. The van der Waals surface area contributed by atoms with Crippen molar-refractivity contribution in [1.29, 1.82) is 0 Å². The van der Waals surface area contributed by atoms with Gasteiger partial charge in [0, 0.05) is 5.39 Å². The van der Waals surface area contributed by atoms with Crippen molar-refractivity contribution in [3.8, 4) is 18.1 Å². The van der Waals surface area contributed by atoms with Crippen molar-refractivity contribution in [2.45, 2.75) is 0 Å². The van der Waals surface area contributed by atoms with E-state index >= 15 is 0 Å². The number of hydrogen-bond acceptors (Lipinski definition) is 1. The van der Waals surface area contributed by atoms with Crippen molar-refractivity contribution in [2.75, 3.05) is 7.11 Å². The Morgan fingerprint density at radius 3 is 2.64 bits per heavy atom. The maximum absolute atomic E-state index is 5.46. The van der Waals surface area contributed by atoms with Crippen LogP contribution in [0.1, 0.15) is 5.56 Å². The zero-order valence-corrected chi connectivity index (χ0v) is 7.95. The van der Waals surface area contributed by atoms with Gasteiger partial charge < -0.3 is 4.74 Å². The number of rotatable bonds is 1. The van der Waals surface area contributed by atoms with Crippen LogP contribution in [0.3, 0.4) is 0 Å². The minimum atomic E-state index is 0.756. The molecule has 0 saturated carbocycles. The van der Waals surface area contributed by atoms with E-state index in [1.807, 2.05) is 36.4 Å². The van der Waals surface area contributed by atoms with Crippen molar-refractivity contribution in [2.24, 2.45) is 0 Å². The smallest absolute Gasteiger partial charge is 0.135 e. The van der Waals surface area contributed by atoms with Gasteiger partial charge in [-0.2, -0.15) is 0 Å². The largest absolute Gasteiger partial charge is 0.495 e. The summed E-state index contributed by atoms with van der Waals surface area (Å²) in [6.07, 6.45) is 5.46. The Labute approximate surface area is 83.3 Å². The molecule has 0 aliphatic rings. The molecule has 0 N–H and O–H groups in total. The molecule has 0 spiro atoms. The fourth-order valence-corrected chi connectivity index (χ4v) is 1.57. The summed E-state index contributed by atoms with van der Waals surface area (Å²) in [7, 11) is 1.63. The van der Waals surface area contributed by atoms with Crippen LogP contribution >= 0.6 is 0 Å². The molecule has 68 valence electrons. The van der Waals surface area contributed by atoms with Crippen LogP contribution in [0.4, 0.5) is 0 Å². The second kappa shape index (κ2) is 3.43. The van der Waals surface area contributed by atoms with E-state index in [0.29, 0.717) is 0 Å². The van der Waals surface area contributed by atoms with Crippen molar-refractivity contribution in [3.63, 3.8) is 0 Å². The molecule has 1 heteroatoms. The number of hydrogen-bond donors (Lipinski definition) is 0. The first kappa shape index (κ1) is 8.65. The fraction of sp³-hybridized carbons (Fsp3) is 0.0769. The molecule has 2 aromatic rings. The second-order valence-electron chi connectivity index (χ2n) is 3.01. The lowest BCUT2D eigenvalue weighted by Crippen LogP contribution is -1.88. The molecular weight excluding hydrogens is 172 g/mol. The van der Waals surface area contributed by atoms with Crippen LogP contribution in [0.15, 0.2) is 36.4 Å².